The highest BCUT2D eigenvalue weighted by Crippen LogP contribution is 2.11. The zero-order chi connectivity index (χ0) is 13.8. The predicted molar refractivity (Wildman–Crippen MR) is 72.8 cm³/mol. The Morgan fingerprint density at radius 2 is 2.00 bits per heavy atom. The third kappa shape index (κ3) is 3.31. The Hall–Kier alpha value is -2.37. The molecule has 0 bridgehead atoms. The number of nitrogens with one attached hydrogen (secondary N) is 1. The Bertz CT molecular complexity index is 559. The van der Waals surface area contributed by atoms with Crippen molar-refractivity contribution in [2.24, 2.45) is 7.05 Å². The first kappa shape index (κ1) is 13.1. The van der Waals surface area contributed by atoms with Crippen molar-refractivity contribution >= 4 is 11.6 Å². The number of nitrogens with zero attached hydrogens (tertiary/aromatic N) is 4. The molecule has 6 heteroatoms. The number of carbonyl (C=O) groups is 1. The minimum Gasteiger partial charge on any atom is -0.379 e. The van der Waals surface area contributed by atoms with Gasteiger partial charge in [0, 0.05) is 38.6 Å². The fourth-order valence-electron chi connectivity index (χ4n) is 1.66. The lowest BCUT2D eigenvalue weighted by molar-refractivity contribution is 0.0827. The maximum atomic E-state index is 11.7. The van der Waals surface area contributed by atoms with Gasteiger partial charge in [-0.3, -0.25) is 9.48 Å². The second-order valence-corrected chi connectivity index (χ2v) is 4.51. The van der Waals surface area contributed by atoms with Crippen molar-refractivity contribution in [2.45, 2.75) is 6.54 Å². The van der Waals surface area contributed by atoms with E-state index in [-0.39, 0.29) is 5.91 Å². The van der Waals surface area contributed by atoms with Gasteiger partial charge in [0.15, 0.2) is 0 Å². The molecule has 2 rings (SSSR count). The third-order valence-corrected chi connectivity index (χ3v) is 2.66. The van der Waals surface area contributed by atoms with Crippen LogP contribution in [0, 0.1) is 0 Å². The van der Waals surface area contributed by atoms with Crippen LogP contribution in [-0.2, 0) is 13.6 Å². The largest absolute Gasteiger partial charge is 0.379 e. The Kier molecular flexibility index (Phi) is 3.79. The van der Waals surface area contributed by atoms with Crippen LogP contribution in [0.2, 0.25) is 0 Å². The number of hydrogen-bond acceptors (Lipinski definition) is 4. The molecule has 0 saturated heterocycles. The molecule has 0 unspecified atom stereocenters. The minimum atomic E-state index is 0.000441. The van der Waals surface area contributed by atoms with E-state index < -0.39 is 0 Å². The van der Waals surface area contributed by atoms with Crippen LogP contribution in [0.15, 0.2) is 30.5 Å². The van der Waals surface area contributed by atoms with Gasteiger partial charge in [0.2, 0.25) is 0 Å². The highest BCUT2D eigenvalue weighted by atomic mass is 16.2. The average Bonchev–Trinajstić information content (AvgIpc) is 2.82. The molecule has 0 aliphatic heterocycles. The molecular weight excluding hydrogens is 242 g/mol. The van der Waals surface area contributed by atoms with E-state index in [2.05, 4.69) is 15.6 Å². The van der Waals surface area contributed by atoms with Gasteiger partial charge in [0.05, 0.1) is 6.54 Å². The van der Waals surface area contributed by atoms with Crippen molar-refractivity contribution < 1.29 is 4.79 Å². The van der Waals surface area contributed by atoms with E-state index >= 15 is 0 Å². The number of aryl methyl sites for hydroxylation is 1. The molecule has 6 nitrogen and oxygen atoms in total. The molecule has 1 aromatic carbocycles. The maximum Gasteiger partial charge on any atom is 0.253 e. The molecule has 0 fully saturated rings. The molecule has 0 radical (unpaired) electrons. The van der Waals surface area contributed by atoms with E-state index in [1.165, 1.54) is 0 Å². The number of hydrogen-bond donors (Lipinski definition) is 1. The van der Waals surface area contributed by atoms with Gasteiger partial charge in [-0.05, 0) is 24.3 Å². The molecule has 0 atom stereocenters. The summed E-state index contributed by atoms with van der Waals surface area (Å²) in [4.78, 5) is 13.3. The molecule has 0 aliphatic carbocycles. The van der Waals surface area contributed by atoms with E-state index in [1.807, 2.05) is 25.4 Å². The fraction of sp³-hybridized carbons (Fsp3) is 0.308. The fourth-order valence-corrected chi connectivity index (χ4v) is 1.66. The van der Waals surface area contributed by atoms with Crippen molar-refractivity contribution in [3.63, 3.8) is 0 Å². The van der Waals surface area contributed by atoms with E-state index in [1.54, 1.807) is 35.8 Å². The summed E-state index contributed by atoms with van der Waals surface area (Å²) in [6.45, 7) is 0.606. The SMILES string of the molecule is CN(C)C(=O)c1ccc(NCc2cn(C)nn2)cc1. The lowest BCUT2D eigenvalue weighted by Crippen LogP contribution is -2.21. The van der Waals surface area contributed by atoms with Gasteiger partial charge < -0.3 is 10.2 Å². The molecule has 2 aromatic rings. The standard InChI is InChI=1S/C13H17N5O/c1-17(2)13(19)10-4-6-11(7-5-10)14-8-12-9-18(3)16-15-12/h4-7,9,14H,8H2,1-3H3. The maximum absolute atomic E-state index is 11.7. The van der Waals surface area contributed by atoms with Crippen LogP contribution in [0.25, 0.3) is 0 Å². The van der Waals surface area contributed by atoms with Gasteiger partial charge in [0.25, 0.3) is 5.91 Å². The minimum absolute atomic E-state index is 0.000441. The molecule has 100 valence electrons. The van der Waals surface area contributed by atoms with Crippen molar-refractivity contribution in [3.05, 3.63) is 41.7 Å². The van der Waals surface area contributed by atoms with E-state index in [0.717, 1.165) is 11.4 Å². The Balaban J connectivity index is 1.97. The van der Waals surface area contributed by atoms with E-state index in [0.29, 0.717) is 12.1 Å². The van der Waals surface area contributed by atoms with Crippen LogP contribution in [0.1, 0.15) is 16.1 Å². The quantitative estimate of drug-likeness (QED) is 0.894. The smallest absolute Gasteiger partial charge is 0.253 e. The number of carbonyl (C=O) groups excluding carboxylic acids is 1. The van der Waals surface area contributed by atoms with Crippen molar-refractivity contribution in [2.75, 3.05) is 19.4 Å². The molecule has 0 saturated carbocycles. The van der Waals surface area contributed by atoms with E-state index in [4.69, 9.17) is 0 Å². The Labute approximate surface area is 112 Å². The number of anilines is 1. The monoisotopic (exact) mass is 259 g/mol. The molecular formula is C13H17N5O. The molecule has 1 amide bonds. The normalized spacial score (nSPS) is 10.3. The van der Waals surface area contributed by atoms with Gasteiger partial charge in [0.1, 0.15) is 5.69 Å². The number of aromatic nitrogens is 3. The molecule has 1 aromatic heterocycles. The van der Waals surface area contributed by atoms with Crippen LogP contribution >= 0.6 is 0 Å². The molecule has 1 heterocycles. The van der Waals surface area contributed by atoms with Gasteiger partial charge in [-0.25, -0.2) is 0 Å². The van der Waals surface area contributed by atoms with Gasteiger partial charge in [-0.1, -0.05) is 5.21 Å². The number of benzene rings is 1. The summed E-state index contributed by atoms with van der Waals surface area (Å²) in [6, 6.07) is 7.38. The number of amides is 1. The zero-order valence-electron chi connectivity index (χ0n) is 11.3. The second-order valence-electron chi connectivity index (χ2n) is 4.51. The van der Waals surface area contributed by atoms with Crippen LogP contribution in [-0.4, -0.2) is 39.9 Å². The van der Waals surface area contributed by atoms with Gasteiger partial charge >= 0.3 is 0 Å². The average molecular weight is 259 g/mol. The van der Waals surface area contributed by atoms with Crippen molar-refractivity contribution in [1.82, 2.24) is 19.9 Å². The van der Waals surface area contributed by atoms with Gasteiger partial charge in [-0.2, -0.15) is 0 Å². The predicted octanol–water partition coefficient (Wildman–Crippen LogP) is 1.13. The zero-order valence-corrected chi connectivity index (χ0v) is 11.3. The topological polar surface area (TPSA) is 63.1 Å². The number of rotatable bonds is 4. The first-order valence-electron chi connectivity index (χ1n) is 5.97. The van der Waals surface area contributed by atoms with Crippen LogP contribution in [0.3, 0.4) is 0 Å². The molecule has 19 heavy (non-hydrogen) atoms. The van der Waals surface area contributed by atoms with Crippen molar-refractivity contribution in [1.29, 1.82) is 0 Å². The summed E-state index contributed by atoms with van der Waals surface area (Å²) in [7, 11) is 5.31. The van der Waals surface area contributed by atoms with E-state index in [9.17, 15) is 4.79 Å². The lowest BCUT2D eigenvalue weighted by Gasteiger charge is -2.10. The second kappa shape index (κ2) is 5.51. The summed E-state index contributed by atoms with van der Waals surface area (Å²) < 4.78 is 1.66. The third-order valence-electron chi connectivity index (χ3n) is 2.66. The molecule has 0 spiro atoms. The van der Waals surface area contributed by atoms with Crippen LogP contribution in [0.4, 0.5) is 5.69 Å². The summed E-state index contributed by atoms with van der Waals surface area (Å²) in [5.41, 5.74) is 2.49. The summed E-state index contributed by atoms with van der Waals surface area (Å²) in [5, 5.41) is 11.1. The molecule has 1 N–H and O–H groups in total. The van der Waals surface area contributed by atoms with Crippen LogP contribution in [0.5, 0.6) is 0 Å². The van der Waals surface area contributed by atoms with Gasteiger partial charge in [-0.15, -0.1) is 5.10 Å². The summed E-state index contributed by atoms with van der Waals surface area (Å²) in [6.07, 6.45) is 1.86. The Morgan fingerprint density at radius 3 is 2.53 bits per heavy atom. The van der Waals surface area contributed by atoms with Crippen molar-refractivity contribution in [3.8, 4) is 0 Å². The first-order valence-corrected chi connectivity index (χ1v) is 5.97. The highest BCUT2D eigenvalue weighted by molar-refractivity contribution is 5.94. The summed E-state index contributed by atoms with van der Waals surface area (Å²) >= 11 is 0. The van der Waals surface area contributed by atoms with Crippen LogP contribution < -0.4 is 5.32 Å². The highest BCUT2D eigenvalue weighted by Gasteiger charge is 2.07. The molecule has 0 aliphatic rings. The lowest BCUT2D eigenvalue weighted by atomic mass is 10.2. The first-order chi connectivity index (χ1) is 9.06. The summed E-state index contributed by atoms with van der Waals surface area (Å²) in [5.74, 6) is 0.000441. The Morgan fingerprint density at radius 1 is 1.32 bits per heavy atom.